The van der Waals surface area contributed by atoms with Crippen molar-refractivity contribution in [3.05, 3.63) is 17.8 Å². The lowest BCUT2D eigenvalue weighted by Gasteiger charge is -2.57. The highest BCUT2D eigenvalue weighted by Crippen LogP contribution is 2.56. The average molecular weight is 257 g/mol. The van der Waals surface area contributed by atoms with Crippen molar-refractivity contribution in [1.29, 1.82) is 0 Å². The van der Waals surface area contributed by atoms with E-state index in [1.165, 1.54) is 44.1 Å². The van der Waals surface area contributed by atoms with Gasteiger partial charge in [-0.2, -0.15) is 0 Å². The second kappa shape index (κ2) is 3.87. The van der Waals surface area contributed by atoms with Crippen LogP contribution in [-0.2, 0) is 0 Å². The second-order valence-electron chi connectivity index (χ2n) is 7.26. The topological polar surface area (TPSA) is 50.9 Å². The summed E-state index contributed by atoms with van der Waals surface area (Å²) in [7, 11) is 0. The summed E-state index contributed by atoms with van der Waals surface area (Å²) in [5.41, 5.74) is 8.07. The van der Waals surface area contributed by atoms with E-state index >= 15 is 0 Å². The monoisotopic (exact) mass is 257 g/mol. The maximum atomic E-state index is 5.80. The summed E-state index contributed by atoms with van der Waals surface area (Å²) in [5, 5.41) is 3.82. The Hall–Kier alpha value is -1.25. The Bertz CT molecular complexity index is 473. The zero-order chi connectivity index (χ0) is 13.0. The van der Waals surface area contributed by atoms with Gasteiger partial charge in [0.1, 0.15) is 5.82 Å². The number of rotatable bonds is 2. The lowest BCUT2D eigenvalue weighted by atomic mass is 9.53. The maximum Gasteiger partial charge on any atom is 0.129 e. The van der Waals surface area contributed by atoms with Gasteiger partial charge in [-0.3, -0.25) is 0 Å². The molecular weight excluding hydrogens is 234 g/mol. The van der Waals surface area contributed by atoms with E-state index in [0.717, 1.165) is 29.3 Å². The number of aromatic nitrogens is 1. The fraction of sp³-hybridized carbons (Fsp3) is 0.688. The molecule has 1 aromatic rings. The number of nitrogens with one attached hydrogen (secondary N) is 1. The first kappa shape index (κ1) is 11.6. The number of anilines is 2. The van der Waals surface area contributed by atoms with E-state index in [-0.39, 0.29) is 0 Å². The zero-order valence-electron chi connectivity index (χ0n) is 11.7. The van der Waals surface area contributed by atoms with Crippen molar-refractivity contribution in [1.82, 2.24) is 4.98 Å². The van der Waals surface area contributed by atoms with Gasteiger partial charge in [0.25, 0.3) is 0 Å². The first-order valence-electron chi connectivity index (χ1n) is 7.62. The van der Waals surface area contributed by atoms with Gasteiger partial charge in [-0.05, 0) is 74.8 Å². The molecular formula is C16H23N3. The Balaban J connectivity index is 1.62. The van der Waals surface area contributed by atoms with Crippen molar-refractivity contribution < 1.29 is 0 Å². The standard InChI is InChI=1S/C16H23N3/c1-10-2-14(17)9-18-15(10)19-16-6-11-3-12(7-16)5-13(4-11)8-16/h2,9,11-13H,3-8,17H2,1H3,(H,18,19). The number of hydrogen-bond donors (Lipinski definition) is 2. The van der Waals surface area contributed by atoms with Gasteiger partial charge in [-0.15, -0.1) is 0 Å². The first-order valence-corrected chi connectivity index (χ1v) is 7.62. The van der Waals surface area contributed by atoms with Crippen LogP contribution in [0.5, 0.6) is 0 Å². The zero-order valence-corrected chi connectivity index (χ0v) is 11.7. The normalized spacial score (nSPS) is 39.5. The van der Waals surface area contributed by atoms with E-state index in [2.05, 4.69) is 17.2 Å². The van der Waals surface area contributed by atoms with Crippen LogP contribution in [-0.4, -0.2) is 10.5 Å². The molecule has 0 spiro atoms. The number of hydrogen-bond acceptors (Lipinski definition) is 3. The number of pyridine rings is 1. The van der Waals surface area contributed by atoms with Gasteiger partial charge >= 0.3 is 0 Å². The number of nitrogen functional groups attached to an aromatic ring is 1. The fourth-order valence-corrected chi connectivity index (χ4v) is 5.24. The highest BCUT2D eigenvalue weighted by atomic mass is 15.1. The van der Waals surface area contributed by atoms with E-state index in [1.807, 2.05) is 6.07 Å². The van der Waals surface area contributed by atoms with Gasteiger partial charge in [-0.1, -0.05) is 0 Å². The maximum absolute atomic E-state index is 5.80. The minimum atomic E-state index is 0.336. The molecule has 3 nitrogen and oxygen atoms in total. The third kappa shape index (κ3) is 1.90. The average Bonchev–Trinajstić information content (AvgIpc) is 2.31. The molecule has 4 bridgehead atoms. The number of nitrogens with zero attached hydrogens (tertiary/aromatic N) is 1. The second-order valence-corrected chi connectivity index (χ2v) is 7.26. The summed E-state index contributed by atoms with van der Waals surface area (Å²) < 4.78 is 0. The van der Waals surface area contributed by atoms with Crippen LogP contribution in [0, 0.1) is 24.7 Å². The van der Waals surface area contributed by atoms with Gasteiger partial charge in [0.15, 0.2) is 0 Å². The lowest BCUT2D eigenvalue weighted by molar-refractivity contribution is 0.0105. The molecule has 4 aliphatic rings. The molecule has 1 aromatic heterocycles. The van der Waals surface area contributed by atoms with Crippen molar-refractivity contribution in [3.63, 3.8) is 0 Å². The third-order valence-electron chi connectivity index (χ3n) is 5.52. The van der Waals surface area contributed by atoms with Crippen LogP contribution in [0.3, 0.4) is 0 Å². The molecule has 0 amide bonds. The first-order chi connectivity index (χ1) is 9.12. The predicted octanol–water partition coefficient (Wildman–Crippen LogP) is 3.35. The van der Waals surface area contributed by atoms with Crippen LogP contribution < -0.4 is 11.1 Å². The fourth-order valence-electron chi connectivity index (χ4n) is 5.24. The van der Waals surface area contributed by atoms with Crippen LogP contribution in [0.4, 0.5) is 11.5 Å². The van der Waals surface area contributed by atoms with Gasteiger partial charge in [0.2, 0.25) is 0 Å². The van der Waals surface area contributed by atoms with E-state index in [0.29, 0.717) is 5.54 Å². The molecule has 0 aromatic carbocycles. The Morgan fingerprint density at radius 1 is 1.16 bits per heavy atom. The third-order valence-corrected chi connectivity index (χ3v) is 5.52. The van der Waals surface area contributed by atoms with Crippen molar-refractivity contribution in [2.75, 3.05) is 11.1 Å². The highest BCUT2D eigenvalue weighted by Gasteiger charge is 2.51. The Morgan fingerprint density at radius 2 is 1.74 bits per heavy atom. The molecule has 3 heteroatoms. The predicted molar refractivity (Wildman–Crippen MR) is 77.9 cm³/mol. The highest BCUT2D eigenvalue weighted by molar-refractivity contribution is 5.52. The summed E-state index contributed by atoms with van der Waals surface area (Å²) >= 11 is 0. The molecule has 1 heterocycles. The van der Waals surface area contributed by atoms with E-state index in [9.17, 15) is 0 Å². The van der Waals surface area contributed by atoms with Gasteiger partial charge < -0.3 is 11.1 Å². The van der Waals surface area contributed by atoms with Crippen LogP contribution in [0.1, 0.15) is 44.1 Å². The summed E-state index contributed by atoms with van der Waals surface area (Å²) in [6, 6.07) is 2.02. The van der Waals surface area contributed by atoms with Gasteiger partial charge in [0, 0.05) is 5.54 Å². The molecule has 0 atom stereocenters. The SMILES string of the molecule is Cc1cc(N)cnc1NC12CC3CC(CC(C3)C1)C2. The molecule has 19 heavy (non-hydrogen) atoms. The van der Waals surface area contributed by atoms with E-state index in [1.54, 1.807) is 6.20 Å². The largest absolute Gasteiger partial charge is 0.397 e. The molecule has 4 saturated carbocycles. The lowest BCUT2D eigenvalue weighted by Crippen LogP contribution is -2.55. The van der Waals surface area contributed by atoms with Crippen molar-refractivity contribution in [3.8, 4) is 0 Å². The quantitative estimate of drug-likeness (QED) is 0.854. The number of aryl methyl sites for hydroxylation is 1. The van der Waals surface area contributed by atoms with Gasteiger partial charge in [-0.25, -0.2) is 4.98 Å². The van der Waals surface area contributed by atoms with Crippen LogP contribution >= 0.6 is 0 Å². The summed E-state index contributed by atoms with van der Waals surface area (Å²) in [4.78, 5) is 4.52. The smallest absolute Gasteiger partial charge is 0.129 e. The Labute approximate surface area is 115 Å². The summed E-state index contributed by atoms with van der Waals surface area (Å²) in [6.07, 6.45) is 10.3. The molecule has 102 valence electrons. The number of nitrogens with two attached hydrogens (primary N) is 1. The van der Waals surface area contributed by atoms with E-state index in [4.69, 9.17) is 5.73 Å². The Kier molecular flexibility index (Phi) is 2.36. The molecule has 0 aliphatic heterocycles. The summed E-state index contributed by atoms with van der Waals surface area (Å²) in [5.74, 6) is 3.95. The molecule has 4 fully saturated rings. The molecule has 3 N–H and O–H groups in total. The van der Waals surface area contributed by atoms with Gasteiger partial charge in [0.05, 0.1) is 11.9 Å². The van der Waals surface area contributed by atoms with E-state index < -0.39 is 0 Å². The minimum absolute atomic E-state index is 0.336. The van der Waals surface area contributed by atoms with Crippen molar-refractivity contribution in [2.24, 2.45) is 17.8 Å². The molecule has 0 unspecified atom stereocenters. The molecule has 4 aliphatic carbocycles. The van der Waals surface area contributed by atoms with Crippen molar-refractivity contribution in [2.45, 2.75) is 51.0 Å². The van der Waals surface area contributed by atoms with Crippen LogP contribution in [0.25, 0.3) is 0 Å². The summed E-state index contributed by atoms with van der Waals surface area (Å²) in [6.45, 7) is 2.10. The minimum Gasteiger partial charge on any atom is -0.397 e. The van der Waals surface area contributed by atoms with Crippen LogP contribution in [0.2, 0.25) is 0 Å². The molecule has 0 saturated heterocycles. The Morgan fingerprint density at radius 3 is 2.26 bits per heavy atom. The molecule has 5 rings (SSSR count). The van der Waals surface area contributed by atoms with Crippen molar-refractivity contribution >= 4 is 11.5 Å². The van der Waals surface area contributed by atoms with Crippen LogP contribution in [0.15, 0.2) is 12.3 Å². The molecule has 0 radical (unpaired) electrons.